The lowest BCUT2D eigenvalue weighted by Crippen LogP contribution is -2.36. The molecule has 276 valence electrons. The normalized spacial score (nSPS) is 19.3. The summed E-state index contributed by atoms with van der Waals surface area (Å²) in [5, 5.41) is 0. The van der Waals surface area contributed by atoms with Gasteiger partial charge in [0.1, 0.15) is 34.3 Å². The number of carbonyl (C=O) groups excluding carboxylic acids is 2. The van der Waals surface area contributed by atoms with Gasteiger partial charge in [-0.15, -0.1) is 0 Å². The number of rotatable bonds is 4. The number of hydrogen-bond donors (Lipinski definition) is 2. The smallest absolute Gasteiger partial charge is 0.410 e. The van der Waals surface area contributed by atoms with Crippen molar-refractivity contribution in [2.24, 2.45) is 0 Å². The number of imidazole rings is 2. The van der Waals surface area contributed by atoms with Gasteiger partial charge >= 0.3 is 12.2 Å². The van der Waals surface area contributed by atoms with E-state index in [0.717, 1.165) is 95.3 Å². The predicted octanol–water partition coefficient (Wildman–Crippen LogP) is 8.83. The molecule has 0 radical (unpaired) electrons. The lowest BCUT2D eigenvalue weighted by Gasteiger charge is -2.27. The third kappa shape index (κ3) is 7.75. The average molecular weight is 711 g/mol. The Kier molecular flexibility index (Phi) is 9.67. The molecule has 0 aliphatic carbocycles. The van der Waals surface area contributed by atoms with Gasteiger partial charge in [0.05, 0.1) is 49.1 Å². The van der Waals surface area contributed by atoms with Crippen LogP contribution in [0.2, 0.25) is 0 Å². The van der Waals surface area contributed by atoms with Crippen molar-refractivity contribution in [3.8, 4) is 45.1 Å². The van der Waals surface area contributed by atoms with Gasteiger partial charge in [0.2, 0.25) is 0 Å². The molecule has 12 nitrogen and oxygen atoms in total. The minimum atomic E-state index is -0.562. The van der Waals surface area contributed by atoms with E-state index in [1.165, 1.54) is 0 Å². The highest BCUT2D eigenvalue weighted by molar-refractivity contribution is 5.81. The second kappa shape index (κ2) is 14.2. The molecule has 2 N–H and O–H groups in total. The topological polar surface area (TPSA) is 135 Å². The maximum absolute atomic E-state index is 12.9. The van der Waals surface area contributed by atoms with Gasteiger partial charge in [-0.3, -0.25) is 9.80 Å². The summed E-state index contributed by atoms with van der Waals surface area (Å²) in [6.07, 6.45) is 8.16. The van der Waals surface area contributed by atoms with E-state index in [1.807, 2.05) is 66.1 Å². The van der Waals surface area contributed by atoms with E-state index < -0.39 is 11.2 Å². The zero-order chi connectivity index (χ0) is 36.6. The zero-order valence-electron chi connectivity index (χ0n) is 31.1. The van der Waals surface area contributed by atoms with Crippen molar-refractivity contribution >= 4 is 12.2 Å². The number of carbonyl (C=O) groups is 2. The molecule has 2 atom stereocenters. The van der Waals surface area contributed by atoms with E-state index in [-0.39, 0.29) is 24.3 Å². The molecule has 52 heavy (non-hydrogen) atoms. The Bertz CT molecular complexity index is 1780. The van der Waals surface area contributed by atoms with Crippen molar-refractivity contribution in [2.75, 3.05) is 26.3 Å². The van der Waals surface area contributed by atoms with Crippen LogP contribution in [0.3, 0.4) is 0 Å². The van der Waals surface area contributed by atoms with Gasteiger partial charge in [-0.05, 0) is 104 Å². The second-order valence-corrected chi connectivity index (χ2v) is 15.9. The quantitative estimate of drug-likeness (QED) is 0.215. The number of nitrogens with one attached hydrogen (secondary N) is 2. The SMILES string of the molecule is CC(C)(C)OC(=O)N1CCC[C@H]1c1ncc(-c2ccc3c(c2)OCCCCOc2cc(-c4cnc([C@@H]5CCCN5C(=O)OC(C)(C)C)[nH]4)ccc2-3)[nH]1. The molecule has 2 aromatic carbocycles. The van der Waals surface area contributed by atoms with Gasteiger partial charge in [-0.2, -0.15) is 0 Å². The summed E-state index contributed by atoms with van der Waals surface area (Å²) in [6, 6.07) is 12.0. The predicted molar refractivity (Wildman–Crippen MR) is 197 cm³/mol. The summed E-state index contributed by atoms with van der Waals surface area (Å²) in [5.41, 5.74) is 4.32. The first-order chi connectivity index (χ1) is 24.8. The van der Waals surface area contributed by atoms with Crippen LogP contribution in [0.25, 0.3) is 33.6 Å². The molecular formula is C40H50N6O6. The second-order valence-electron chi connectivity index (χ2n) is 15.9. The number of aromatic nitrogens is 4. The van der Waals surface area contributed by atoms with Gasteiger partial charge in [0.25, 0.3) is 0 Å². The molecule has 4 aromatic rings. The Morgan fingerprint density at radius 3 is 1.50 bits per heavy atom. The van der Waals surface area contributed by atoms with Crippen molar-refractivity contribution < 1.29 is 28.5 Å². The number of H-pyrrole nitrogens is 2. The van der Waals surface area contributed by atoms with Crippen molar-refractivity contribution in [3.63, 3.8) is 0 Å². The Morgan fingerprint density at radius 2 is 1.10 bits per heavy atom. The maximum atomic E-state index is 12.9. The van der Waals surface area contributed by atoms with E-state index in [0.29, 0.717) is 26.3 Å². The van der Waals surface area contributed by atoms with Crippen LogP contribution in [0.15, 0.2) is 48.8 Å². The minimum absolute atomic E-state index is 0.164. The average Bonchev–Trinajstić information content (AvgIpc) is 3.91. The van der Waals surface area contributed by atoms with Crippen LogP contribution < -0.4 is 9.47 Å². The molecular weight excluding hydrogens is 660 g/mol. The fourth-order valence-corrected chi connectivity index (χ4v) is 7.12. The Balaban J connectivity index is 1.13. The molecule has 2 fully saturated rings. The highest BCUT2D eigenvalue weighted by atomic mass is 16.6. The number of hydrogen-bond acceptors (Lipinski definition) is 8. The molecule has 3 aliphatic rings. The number of ether oxygens (including phenoxy) is 4. The molecule has 5 heterocycles. The molecule has 3 aliphatic heterocycles. The summed E-state index contributed by atoms with van der Waals surface area (Å²) in [6.45, 7) is 13.7. The van der Waals surface area contributed by atoms with Crippen LogP contribution in [-0.2, 0) is 9.47 Å². The van der Waals surface area contributed by atoms with E-state index in [4.69, 9.17) is 28.9 Å². The Hall–Kier alpha value is -5.00. The molecule has 0 saturated carbocycles. The van der Waals surface area contributed by atoms with Crippen molar-refractivity contribution in [2.45, 2.75) is 103 Å². The third-order valence-corrected chi connectivity index (χ3v) is 9.51. The Morgan fingerprint density at radius 1 is 0.673 bits per heavy atom. The number of amides is 2. The lowest BCUT2D eigenvalue weighted by atomic mass is 9.98. The monoisotopic (exact) mass is 710 g/mol. The van der Waals surface area contributed by atoms with Gasteiger partial charge in [0, 0.05) is 35.3 Å². The van der Waals surface area contributed by atoms with Crippen LogP contribution in [0, 0.1) is 0 Å². The van der Waals surface area contributed by atoms with E-state index in [1.54, 1.807) is 9.80 Å². The molecule has 0 spiro atoms. The molecule has 2 aromatic heterocycles. The molecule has 0 unspecified atom stereocenters. The van der Waals surface area contributed by atoms with Crippen LogP contribution in [-0.4, -0.2) is 79.4 Å². The van der Waals surface area contributed by atoms with Crippen LogP contribution >= 0.6 is 0 Å². The first-order valence-electron chi connectivity index (χ1n) is 18.5. The summed E-state index contributed by atoms with van der Waals surface area (Å²) in [5.74, 6) is 3.02. The summed E-state index contributed by atoms with van der Waals surface area (Å²) < 4.78 is 24.1. The number of likely N-dealkylation sites (tertiary alicyclic amines) is 2. The number of benzene rings is 2. The number of fused-ring (bicyclic) bond motifs is 3. The molecule has 2 saturated heterocycles. The van der Waals surface area contributed by atoms with Gasteiger partial charge in [-0.25, -0.2) is 19.6 Å². The van der Waals surface area contributed by atoms with Crippen molar-refractivity contribution in [3.05, 3.63) is 60.4 Å². The maximum Gasteiger partial charge on any atom is 0.410 e. The molecule has 7 rings (SSSR count). The zero-order valence-corrected chi connectivity index (χ0v) is 31.1. The van der Waals surface area contributed by atoms with Crippen molar-refractivity contribution in [1.82, 2.24) is 29.7 Å². The van der Waals surface area contributed by atoms with E-state index >= 15 is 0 Å². The Labute approximate surface area is 305 Å². The van der Waals surface area contributed by atoms with Gasteiger partial charge < -0.3 is 28.9 Å². The molecule has 2 amide bonds. The van der Waals surface area contributed by atoms with Crippen LogP contribution in [0.5, 0.6) is 11.5 Å². The van der Waals surface area contributed by atoms with E-state index in [2.05, 4.69) is 34.2 Å². The van der Waals surface area contributed by atoms with Gasteiger partial charge in [-0.1, -0.05) is 12.1 Å². The fraction of sp³-hybridized carbons (Fsp3) is 0.500. The standard InChI is InChI=1S/C40H50N6O6/c1-39(2,3)51-37(47)45-17-9-11-31(45)35-41-23-29(43-35)25-13-15-27-28-16-14-26(22-34(28)50-20-8-7-19-49-33(27)21-25)30-24-42-36(44-30)32-12-10-18-46(32)38(48)52-40(4,5)6/h13-16,21-24,31-32H,7-12,17-20H2,1-6H3,(H,41,43)(H,42,44)/t31-,32-/m0/s1. The van der Waals surface area contributed by atoms with E-state index in [9.17, 15) is 9.59 Å². The first-order valence-corrected chi connectivity index (χ1v) is 18.5. The highest BCUT2D eigenvalue weighted by Crippen LogP contribution is 2.42. The molecule has 12 heteroatoms. The lowest BCUT2D eigenvalue weighted by molar-refractivity contribution is 0.0208. The largest absolute Gasteiger partial charge is 0.493 e. The summed E-state index contributed by atoms with van der Waals surface area (Å²) >= 11 is 0. The third-order valence-electron chi connectivity index (χ3n) is 9.51. The highest BCUT2D eigenvalue weighted by Gasteiger charge is 2.36. The summed E-state index contributed by atoms with van der Waals surface area (Å²) in [7, 11) is 0. The summed E-state index contributed by atoms with van der Waals surface area (Å²) in [4.78, 5) is 45.8. The fourth-order valence-electron chi connectivity index (χ4n) is 7.12. The van der Waals surface area contributed by atoms with Crippen LogP contribution in [0.1, 0.15) is 104 Å². The van der Waals surface area contributed by atoms with Crippen molar-refractivity contribution in [1.29, 1.82) is 0 Å². The van der Waals surface area contributed by atoms with Crippen LogP contribution in [0.4, 0.5) is 9.59 Å². The number of aromatic amines is 2. The minimum Gasteiger partial charge on any atom is -0.493 e. The van der Waals surface area contributed by atoms with Gasteiger partial charge in [0.15, 0.2) is 0 Å². The molecule has 0 bridgehead atoms. The first kappa shape index (κ1) is 35.4. The number of nitrogens with zero attached hydrogens (tertiary/aromatic N) is 4.